The van der Waals surface area contributed by atoms with Gasteiger partial charge in [-0.3, -0.25) is 0 Å². The molecule has 0 radical (unpaired) electrons. The lowest BCUT2D eigenvalue weighted by atomic mass is 10.00. The van der Waals surface area contributed by atoms with Crippen molar-refractivity contribution in [3.8, 4) is 11.3 Å². The van der Waals surface area contributed by atoms with Crippen LogP contribution in [0, 0.1) is 35.2 Å². The second-order valence-electron chi connectivity index (χ2n) is 9.92. The first-order chi connectivity index (χ1) is 16.5. The zero-order valence-electron chi connectivity index (χ0n) is 18.8. The van der Waals surface area contributed by atoms with Crippen LogP contribution in [-0.4, -0.2) is 54.0 Å². The highest BCUT2D eigenvalue weighted by atomic mass is 32.1. The summed E-state index contributed by atoms with van der Waals surface area (Å²) in [6.07, 6.45) is 4.53. The summed E-state index contributed by atoms with van der Waals surface area (Å²) in [5, 5.41) is 14.7. The largest absolute Gasteiger partial charge is 0.381 e. The van der Waals surface area contributed by atoms with E-state index in [4.69, 9.17) is 4.74 Å². The number of nitrogens with zero attached hydrogens (tertiary/aromatic N) is 3. The molecule has 0 spiro atoms. The maximum absolute atomic E-state index is 14.4. The summed E-state index contributed by atoms with van der Waals surface area (Å²) in [7, 11) is 0. The maximum Gasteiger partial charge on any atom is 0.168 e. The summed E-state index contributed by atoms with van der Waals surface area (Å²) < 4.78 is 48.1. The number of aromatic nitrogens is 2. The number of nitrogens with one attached hydrogen (secondary N) is 1. The van der Waals surface area contributed by atoms with Crippen LogP contribution in [0.15, 0.2) is 23.6 Å². The van der Waals surface area contributed by atoms with Gasteiger partial charge in [-0.1, -0.05) is 0 Å². The molecule has 1 N–H and O–H groups in total. The number of anilines is 1. The van der Waals surface area contributed by atoms with E-state index in [0.29, 0.717) is 34.5 Å². The lowest BCUT2D eigenvalue weighted by Gasteiger charge is -2.27. The van der Waals surface area contributed by atoms with Crippen molar-refractivity contribution in [2.45, 2.75) is 31.7 Å². The van der Waals surface area contributed by atoms with E-state index in [-0.39, 0.29) is 11.3 Å². The zero-order valence-corrected chi connectivity index (χ0v) is 19.6. The molecule has 9 heteroatoms. The molecule has 2 saturated heterocycles. The number of halogens is 3. The third-order valence-corrected chi connectivity index (χ3v) is 8.58. The number of likely N-dealkylation sites (tertiary alicyclic amines) is 1. The van der Waals surface area contributed by atoms with Gasteiger partial charge in [0.25, 0.3) is 0 Å². The number of fused-ring (bicyclic) bond motifs is 2. The third-order valence-electron chi connectivity index (χ3n) is 7.66. The van der Waals surface area contributed by atoms with Gasteiger partial charge in [-0.15, -0.1) is 21.5 Å². The molecule has 1 aliphatic carbocycles. The van der Waals surface area contributed by atoms with Crippen molar-refractivity contribution in [1.82, 2.24) is 15.1 Å². The van der Waals surface area contributed by atoms with Crippen LogP contribution >= 0.6 is 11.3 Å². The summed E-state index contributed by atoms with van der Waals surface area (Å²) in [5.74, 6) is -0.392. The summed E-state index contributed by atoms with van der Waals surface area (Å²) in [6.45, 7) is 5.30. The molecule has 0 amide bonds. The minimum absolute atomic E-state index is 0.165. The van der Waals surface area contributed by atoms with Gasteiger partial charge in [-0.25, -0.2) is 13.2 Å². The van der Waals surface area contributed by atoms with Gasteiger partial charge in [0.05, 0.1) is 4.70 Å². The standard InChI is InChI=1S/C25H27F3N4OS/c26-17-9-20(22(28)21(27)10-17)23-24-19(3-6-34-24)25(31-30-23)29-18-7-15-12-32(13-16(15)8-18)11-14-1-4-33-5-2-14/h3,6,9-10,14-16,18H,1-2,4-5,7-8,11-13H2,(H,29,31)/t15-,16+,18?. The van der Waals surface area contributed by atoms with Crippen molar-refractivity contribution in [1.29, 1.82) is 0 Å². The van der Waals surface area contributed by atoms with E-state index >= 15 is 0 Å². The van der Waals surface area contributed by atoms with Gasteiger partial charge in [0.15, 0.2) is 17.5 Å². The fourth-order valence-corrected chi connectivity index (χ4v) is 6.94. The maximum atomic E-state index is 14.4. The first-order valence-corrected chi connectivity index (χ1v) is 12.9. The van der Waals surface area contributed by atoms with Crippen molar-refractivity contribution >= 4 is 27.2 Å². The topological polar surface area (TPSA) is 50.3 Å². The van der Waals surface area contributed by atoms with Crippen molar-refractivity contribution in [2.75, 3.05) is 38.2 Å². The first kappa shape index (κ1) is 22.2. The molecule has 3 fully saturated rings. The van der Waals surface area contributed by atoms with E-state index in [1.54, 1.807) is 0 Å². The minimum Gasteiger partial charge on any atom is -0.381 e. The van der Waals surface area contributed by atoms with Gasteiger partial charge in [0.2, 0.25) is 0 Å². The molecule has 180 valence electrons. The van der Waals surface area contributed by atoms with Crippen LogP contribution < -0.4 is 5.32 Å². The molecule has 5 nitrogen and oxygen atoms in total. The Morgan fingerprint density at radius 2 is 1.82 bits per heavy atom. The van der Waals surface area contributed by atoms with E-state index in [1.807, 2.05) is 11.4 Å². The normalized spacial score (nSPS) is 25.8. The molecule has 1 unspecified atom stereocenters. The molecule has 34 heavy (non-hydrogen) atoms. The number of thiophene rings is 1. The zero-order chi connectivity index (χ0) is 23.2. The third kappa shape index (κ3) is 4.18. The van der Waals surface area contributed by atoms with Crippen molar-refractivity contribution in [3.05, 3.63) is 41.0 Å². The minimum atomic E-state index is -1.23. The monoisotopic (exact) mass is 488 g/mol. The van der Waals surface area contributed by atoms with Gasteiger partial charge >= 0.3 is 0 Å². The molecule has 3 atom stereocenters. The van der Waals surface area contributed by atoms with Gasteiger partial charge in [-0.05, 0) is 60.9 Å². The fraction of sp³-hybridized carbons (Fsp3) is 0.520. The summed E-state index contributed by atoms with van der Waals surface area (Å²) in [6, 6.07) is 3.72. The van der Waals surface area contributed by atoms with Crippen LogP contribution in [0.2, 0.25) is 0 Å². The van der Waals surface area contributed by atoms with E-state index < -0.39 is 17.5 Å². The van der Waals surface area contributed by atoms with E-state index in [0.717, 1.165) is 56.5 Å². The number of hydrogen-bond acceptors (Lipinski definition) is 6. The molecule has 6 rings (SSSR count). The molecule has 2 aromatic heterocycles. The lowest BCUT2D eigenvalue weighted by Crippen LogP contribution is -2.32. The Morgan fingerprint density at radius 1 is 1.06 bits per heavy atom. The second-order valence-corrected chi connectivity index (χ2v) is 10.8. The summed E-state index contributed by atoms with van der Waals surface area (Å²) in [4.78, 5) is 2.64. The Labute approximate surface area is 200 Å². The predicted molar refractivity (Wildman–Crippen MR) is 126 cm³/mol. The van der Waals surface area contributed by atoms with Gasteiger partial charge in [-0.2, -0.15) is 0 Å². The predicted octanol–water partition coefficient (Wildman–Crippen LogP) is 5.32. The highest BCUT2D eigenvalue weighted by molar-refractivity contribution is 7.17. The fourth-order valence-electron chi connectivity index (χ4n) is 6.04. The molecular weight excluding hydrogens is 461 g/mol. The Hall–Kier alpha value is -2.23. The number of rotatable bonds is 5. The molecule has 0 bridgehead atoms. The Balaban J connectivity index is 1.15. The van der Waals surface area contributed by atoms with Crippen LogP contribution in [0.3, 0.4) is 0 Å². The molecular formula is C25H27F3N4OS. The lowest BCUT2D eigenvalue weighted by molar-refractivity contribution is 0.0545. The van der Waals surface area contributed by atoms with E-state index in [9.17, 15) is 13.2 Å². The Morgan fingerprint density at radius 3 is 2.59 bits per heavy atom. The number of benzene rings is 1. The van der Waals surface area contributed by atoms with Crippen LogP contribution in [-0.2, 0) is 4.74 Å². The van der Waals surface area contributed by atoms with Crippen molar-refractivity contribution in [2.24, 2.45) is 17.8 Å². The molecule has 2 aliphatic heterocycles. The van der Waals surface area contributed by atoms with Gasteiger partial charge in [0.1, 0.15) is 11.5 Å². The van der Waals surface area contributed by atoms with Gasteiger partial charge in [0, 0.05) is 55.9 Å². The quantitative estimate of drug-likeness (QED) is 0.493. The number of hydrogen-bond donors (Lipinski definition) is 1. The van der Waals surface area contributed by atoms with Gasteiger partial charge < -0.3 is 15.0 Å². The van der Waals surface area contributed by atoms with E-state index in [2.05, 4.69) is 20.4 Å². The SMILES string of the molecule is Fc1cc(F)c(F)c(-c2nnc(NC3C[C@@H]4CN(CC5CCOCC5)C[C@@H]4C3)c3ccsc23)c1. The highest BCUT2D eigenvalue weighted by Crippen LogP contribution is 2.41. The molecule has 3 aliphatic rings. The first-order valence-electron chi connectivity index (χ1n) is 12.0. The molecule has 4 heterocycles. The van der Waals surface area contributed by atoms with Crippen LogP contribution in [0.1, 0.15) is 25.7 Å². The van der Waals surface area contributed by atoms with Crippen molar-refractivity contribution in [3.63, 3.8) is 0 Å². The second kappa shape index (κ2) is 9.09. The average Bonchev–Trinajstić information content (AvgIpc) is 3.53. The highest BCUT2D eigenvalue weighted by Gasteiger charge is 2.41. The van der Waals surface area contributed by atoms with Crippen LogP contribution in [0.25, 0.3) is 21.3 Å². The van der Waals surface area contributed by atoms with Crippen LogP contribution in [0.4, 0.5) is 19.0 Å². The molecule has 1 aromatic carbocycles. The average molecular weight is 489 g/mol. The summed E-state index contributed by atoms with van der Waals surface area (Å²) in [5.41, 5.74) is -0.0393. The molecule has 1 saturated carbocycles. The Kier molecular flexibility index (Phi) is 5.95. The van der Waals surface area contributed by atoms with Crippen molar-refractivity contribution < 1.29 is 17.9 Å². The summed E-state index contributed by atoms with van der Waals surface area (Å²) >= 11 is 1.37. The van der Waals surface area contributed by atoms with E-state index in [1.165, 1.54) is 30.7 Å². The Bertz CT molecular complexity index is 1180. The molecule has 3 aromatic rings. The van der Waals surface area contributed by atoms with Crippen LogP contribution in [0.5, 0.6) is 0 Å². The smallest absolute Gasteiger partial charge is 0.168 e. The number of ether oxygens (including phenoxy) is 1.